The van der Waals surface area contributed by atoms with E-state index in [0.717, 1.165) is 10.2 Å². The molecule has 0 saturated heterocycles. The molecular weight excluding hydrogens is 344 g/mol. The van der Waals surface area contributed by atoms with E-state index in [1.54, 1.807) is 24.3 Å². The highest BCUT2D eigenvalue weighted by molar-refractivity contribution is 7.17. The summed E-state index contributed by atoms with van der Waals surface area (Å²) in [5, 5.41) is 4.54. The van der Waals surface area contributed by atoms with Gasteiger partial charge in [0, 0.05) is 11.8 Å². The van der Waals surface area contributed by atoms with Crippen molar-refractivity contribution in [3.8, 4) is 11.5 Å². The van der Waals surface area contributed by atoms with Gasteiger partial charge in [0.15, 0.2) is 11.5 Å². The highest BCUT2D eigenvalue weighted by atomic mass is 32.1. The Hall–Kier alpha value is -3.20. The van der Waals surface area contributed by atoms with Gasteiger partial charge in [-0.3, -0.25) is 10.2 Å². The van der Waals surface area contributed by atoms with Crippen molar-refractivity contribution in [3.63, 3.8) is 0 Å². The molecule has 25 heavy (non-hydrogen) atoms. The van der Waals surface area contributed by atoms with Crippen LogP contribution in [0.15, 0.2) is 35.7 Å². The molecule has 0 fully saturated rings. The van der Waals surface area contributed by atoms with E-state index in [9.17, 15) is 9.59 Å². The summed E-state index contributed by atoms with van der Waals surface area (Å²) in [6.45, 7) is 0.967. The van der Waals surface area contributed by atoms with Gasteiger partial charge in [-0.15, -0.1) is 11.3 Å². The first-order chi connectivity index (χ1) is 12.2. The molecule has 0 atom stereocenters. The number of H-pyrrole nitrogens is 1. The van der Waals surface area contributed by atoms with Crippen molar-refractivity contribution in [3.05, 3.63) is 41.4 Å². The molecule has 3 amide bonds. The maximum Gasteiger partial charge on any atom is 0.337 e. The number of hydrogen-bond donors (Lipinski definition) is 4. The Morgan fingerprint density at radius 2 is 1.88 bits per heavy atom. The molecule has 2 aromatic heterocycles. The number of benzene rings is 1. The molecule has 1 aliphatic heterocycles. The number of nitrogens with one attached hydrogen (secondary N) is 4. The number of amides is 3. The smallest absolute Gasteiger partial charge is 0.337 e. The van der Waals surface area contributed by atoms with Crippen LogP contribution < -0.4 is 25.6 Å². The van der Waals surface area contributed by atoms with E-state index in [1.165, 1.54) is 11.3 Å². The van der Waals surface area contributed by atoms with Crippen LogP contribution in [0.2, 0.25) is 0 Å². The van der Waals surface area contributed by atoms with Gasteiger partial charge >= 0.3 is 6.03 Å². The fraction of sp³-hybridized carbons (Fsp3) is 0.125. The van der Waals surface area contributed by atoms with Crippen LogP contribution >= 0.6 is 11.3 Å². The van der Waals surface area contributed by atoms with Crippen LogP contribution in [0.3, 0.4) is 0 Å². The second kappa shape index (κ2) is 6.36. The minimum atomic E-state index is -0.571. The molecule has 0 saturated carbocycles. The van der Waals surface area contributed by atoms with E-state index in [1.807, 2.05) is 11.4 Å². The Morgan fingerprint density at radius 3 is 2.72 bits per heavy atom. The Morgan fingerprint density at radius 1 is 1.04 bits per heavy atom. The first kappa shape index (κ1) is 15.3. The van der Waals surface area contributed by atoms with Gasteiger partial charge in [-0.2, -0.15) is 0 Å². The molecule has 0 unspecified atom stereocenters. The van der Waals surface area contributed by atoms with E-state index >= 15 is 0 Å². The third kappa shape index (κ3) is 3.22. The molecule has 9 heteroatoms. The highest BCUT2D eigenvalue weighted by Crippen LogP contribution is 2.32. The Kier molecular flexibility index (Phi) is 3.90. The van der Waals surface area contributed by atoms with E-state index in [-0.39, 0.29) is 0 Å². The third-order valence-electron chi connectivity index (χ3n) is 3.57. The Bertz CT molecular complexity index is 920. The van der Waals surface area contributed by atoms with Crippen LogP contribution in [-0.4, -0.2) is 30.1 Å². The van der Waals surface area contributed by atoms with Crippen molar-refractivity contribution in [1.82, 2.24) is 15.8 Å². The molecule has 3 heterocycles. The summed E-state index contributed by atoms with van der Waals surface area (Å²) in [7, 11) is 0. The van der Waals surface area contributed by atoms with Gasteiger partial charge in [0.2, 0.25) is 0 Å². The van der Waals surface area contributed by atoms with Crippen LogP contribution in [0.4, 0.5) is 10.5 Å². The van der Waals surface area contributed by atoms with E-state index in [0.29, 0.717) is 36.1 Å². The monoisotopic (exact) mass is 358 g/mol. The third-order valence-corrected chi connectivity index (χ3v) is 4.44. The molecule has 0 aliphatic carbocycles. The Balaban J connectivity index is 1.34. The zero-order valence-corrected chi connectivity index (χ0v) is 13.7. The first-order valence-electron chi connectivity index (χ1n) is 7.52. The molecule has 0 radical (unpaired) electrons. The molecule has 4 rings (SSSR count). The number of carbonyl (C=O) groups is 2. The standard InChI is InChI=1S/C16H14N4O4S/c21-15(11-8-14-10(18-11)3-6-25-14)19-20-16(22)17-9-1-2-12-13(7-9)24-5-4-23-12/h1-3,6-8,18H,4-5H2,(H,19,21)(H2,17,20,22). The number of rotatable bonds is 2. The van der Waals surface area contributed by atoms with Crippen molar-refractivity contribution in [2.75, 3.05) is 18.5 Å². The molecule has 4 N–H and O–H groups in total. The number of carbonyl (C=O) groups excluding carboxylic acids is 2. The quantitative estimate of drug-likeness (QED) is 0.528. The van der Waals surface area contributed by atoms with Gasteiger partial charge in [0.05, 0.1) is 10.2 Å². The number of fused-ring (bicyclic) bond motifs is 2. The summed E-state index contributed by atoms with van der Waals surface area (Å²) in [6.07, 6.45) is 0. The second-order valence-corrected chi connectivity index (χ2v) is 6.22. The first-order valence-corrected chi connectivity index (χ1v) is 8.40. The minimum Gasteiger partial charge on any atom is -0.486 e. The number of aromatic nitrogens is 1. The van der Waals surface area contributed by atoms with Crippen molar-refractivity contribution in [2.45, 2.75) is 0 Å². The molecule has 0 bridgehead atoms. The summed E-state index contributed by atoms with van der Waals surface area (Å²) >= 11 is 1.53. The normalized spacial score (nSPS) is 12.6. The number of thiophene rings is 1. The molecule has 1 aliphatic rings. The topological polar surface area (TPSA) is 104 Å². The zero-order chi connectivity index (χ0) is 17.2. The lowest BCUT2D eigenvalue weighted by Crippen LogP contribution is -2.44. The summed E-state index contributed by atoms with van der Waals surface area (Å²) < 4.78 is 11.8. The number of ether oxygens (including phenoxy) is 2. The summed E-state index contributed by atoms with van der Waals surface area (Å²) in [6, 6.07) is 8.12. The van der Waals surface area contributed by atoms with E-state index in [4.69, 9.17) is 9.47 Å². The average molecular weight is 358 g/mol. The van der Waals surface area contributed by atoms with Gasteiger partial charge in [-0.1, -0.05) is 0 Å². The number of urea groups is 1. The fourth-order valence-electron chi connectivity index (χ4n) is 2.43. The molecule has 3 aromatic rings. The SMILES string of the molecule is O=C(NNC(=O)c1cc2sccc2[nH]1)Nc1ccc2c(c1)OCCO2. The lowest BCUT2D eigenvalue weighted by Gasteiger charge is -2.19. The van der Waals surface area contributed by atoms with Crippen LogP contribution in [-0.2, 0) is 0 Å². The molecule has 1 aromatic carbocycles. The molecule has 128 valence electrons. The summed E-state index contributed by atoms with van der Waals surface area (Å²) in [5.41, 5.74) is 6.44. The van der Waals surface area contributed by atoms with Gasteiger partial charge in [-0.05, 0) is 29.6 Å². The van der Waals surface area contributed by atoms with Crippen molar-refractivity contribution >= 4 is 39.2 Å². The number of anilines is 1. The summed E-state index contributed by atoms with van der Waals surface area (Å²) in [5.74, 6) is 0.775. The van der Waals surface area contributed by atoms with Crippen LogP contribution in [0.5, 0.6) is 11.5 Å². The van der Waals surface area contributed by atoms with Crippen LogP contribution in [0.25, 0.3) is 10.2 Å². The minimum absolute atomic E-state index is 0.376. The fourth-order valence-corrected chi connectivity index (χ4v) is 3.22. The van der Waals surface area contributed by atoms with Crippen molar-refractivity contribution in [1.29, 1.82) is 0 Å². The number of hydrazine groups is 1. The number of aromatic amines is 1. The average Bonchev–Trinajstić information content (AvgIpc) is 3.21. The second-order valence-electron chi connectivity index (χ2n) is 5.27. The number of hydrogen-bond acceptors (Lipinski definition) is 5. The maximum atomic E-state index is 12.0. The highest BCUT2D eigenvalue weighted by Gasteiger charge is 2.14. The molecule has 8 nitrogen and oxygen atoms in total. The molecular formula is C16H14N4O4S. The van der Waals surface area contributed by atoms with Crippen molar-refractivity contribution < 1.29 is 19.1 Å². The van der Waals surface area contributed by atoms with Gasteiger partial charge in [0.1, 0.15) is 18.9 Å². The lowest BCUT2D eigenvalue weighted by atomic mass is 10.2. The van der Waals surface area contributed by atoms with Gasteiger partial charge in [-0.25, -0.2) is 10.2 Å². The largest absolute Gasteiger partial charge is 0.486 e. The van der Waals surface area contributed by atoms with Crippen LogP contribution in [0.1, 0.15) is 10.5 Å². The van der Waals surface area contributed by atoms with E-state index < -0.39 is 11.9 Å². The lowest BCUT2D eigenvalue weighted by molar-refractivity contribution is 0.0933. The predicted molar refractivity (Wildman–Crippen MR) is 93.2 cm³/mol. The van der Waals surface area contributed by atoms with Gasteiger partial charge < -0.3 is 19.8 Å². The maximum absolute atomic E-state index is 12.0. The predicted octanol–water partition coefficient (Wildman–Crippen LogP) is 2.47. The summed E-state index contributed by atoms with van der Waals surface area (Å²) in [4.78, 5) is 26.9. The molecule has 0 spiro atoms. The zero-order valence-electron chi connectivity index (χ0n) is 12.9. The van der Waals surface area contributed by atoms with Crippen LogP contribution in [0, 0.1) is 0 Å². The van der Waals surface area contributed by atoms with Gasteiger partial charge in [0.25, 0.3) is 5.91 Å². The Labute approximate surface area is 146 Å². The van der Waals surface area contributed by atoms with Crippen molar-refractivity contribution in [2.24, 2.45) is 0 Å². The van der Waals surface area contributed by atoms with E-state index in [2.05, 4.69) is 21.2 Å².